The monoisotopic (exact) mass is 485 g/mol. The predicted molar refractivity (Wildman–Crippen MR) is 130 cm³/mol. The van der Waals surface area contributed by atoms with E-state index in [4.69, 9.17) is 16.3 Å². The van der Waals surface area contributed by atoms with E-state index in [0.717, 1.165) is 11.4 Å². The van der Waals surface area contributed by atoms with Crippen molar-refractivity contribution in [3.8, 4) is 5.75 Å². The van der Waals surface area contributed by atoms with Crippen molar-refractivity contribution in [3.63, 3.8) is 0 Å². The van der Waals surface area contributed by atoms with Crippen LogP contribution >= 0.6 is 11.6 Å². The molecule has 1 N–H and O–H groups in total. The largest absolute Gasteiger partial charge is 0.497 e. The molecule has 1 aliphatic rings. The highest BCUT2D eigenvalue weighted by atomic mass is 35.5. The van der Waals surface area contributed by atoms with Gasteiger partial charge in [-0.25, -0.2) is 8.42 Å². The van der Waals surface area contributed by atoms with Gasteiger partial charge in [0.2, 0.25) is 0 Å². The number of hydrogen-bond acceptors (Lipinski definition) is 5. The van der Waals surface area contributed by atoms with Crippen LogP contribution in [0.25, 0.3) is 0 Å². The van der Waals surface area contributed by atoms with Crippen molar-refractivity contribution in [3.05, 3.63) is 83.4 Å². The second-order valence-electron chi connectivity index (χ2n) is 7.59. The number of rotatable bonds is 6. The third-order valence-electron chi connectivity index (χ3n) is 5.49. The average Bonchev–Trinajstić information content (AvgIpc) is 2.85. The first-order valence-electron chi connectivity index (χ1n) is 10.4. The van der Waals surface area contributed by atoms with Crippen LogP contribution in [0, 0.1) is 0 Å². The molecule has 1 heterocycles. The second-order valence-corrected chi connectivity index (χ2v) is 9.68. The molecule has 3 aromatic rings. The number of sulfonamides is 1. The van der Waals surface area contributed by atoms with Crippen molar-refractivity contribution >= 4 is 38.9 Å². The third kappa shape index (κ3) is 5.23. The van der Waals surface area contributed by atoms with Gasteiger partial charge >= 0.3 is 0 Å². The molecule has 1 amide bonds. The van der Waals surface area contributed by atoms with E-state index in [0.29, 0.717) is 36.8 Å². The van der Waals surface area contributed by atoms with Gasteiger partial charge in [0, 0.05) is 43.5 Å². The molecule has 0 bridgehead atoms. The first-order valence-corrected chi connectivity index (χ1v) is 12.3. The number of ether oxygens (including phenoxy) is 1. The number of nitrogens with zero attached hydrogens (tertiary/aromatic N) is 2. The molecule has 0 aliphatic carbocycles. The number of amides is 1. The van der Waals surface area contributed by atoms with Crippen LogP contribution in [0.3, 0.4) is 0 Å². The summed E-state index contributed by atoms with van der Waals surface area (Å²) in [5.74, 6) is 0.588. The molecule has 0 atom stereocenters. The van der Waals surface area contributed by atoms with Crippen molar-refractivity contribution < 1.29 is 17.9 Å². The molecule has 1 saturated heterocycles. The highest BCUT2D eigenvalue weighted by Gasteiger charge is 2.24. The maximum Gasteiger partial charge on any atom is 0.261 e. The molecular formula is C24H24ClN3O4S. The molecule has 1 aliphatic heterocycles. The van der Waals surface area contributed by atoms with Crippen LogP contribution in [0.4, 0.5) is 11.4 Å². The fourth-order valence-corrected chi connectivity index (χ4v) is 5.07. The maximum absolute atomic E-state index is 13.1. The minimum absolute atomic E-state index is 0.00304. The van der Waals surface area contributed by atoms with Gasteiger partial charge in [-0.2, -0.15) is 0 Å². The average molecular weight is 486 g/mol. The Labute approximate surface area is 198 Å². The molecule has 3 aromatic carbocycles. The van der Waals surface area contributed by atoms with Gasteiger partial charge in [-0.1, -0.05) is 35.9 Å². The molecular weight excluding hydrogens is 462 g/mol. The molecule has 7 nitrogen and oxygen atoms in total. The molecule has 0 unspecified atom stereocenters. The summed E-state index contributed by atoms with van der Waals surface area (Å²) in [6.45, 7) is 2.41. The quantitative estimate of drug-likeness (QED) is 0.568. The van der Waals surface area contributed by atoms with Gasteiger partial charge in [0.15, 0.2) is 0 Å². The summed E-state index contributed by atoms with van der Waals surface area (Å²) in [5.41, 5.74) is 1.65. The van der Waals surface area contributed by atoms with Gasteiger partial charge in [0.25, 0.3) is 15.9 Å². The van der Waals surface area contributed by atoms with Crippen molar-refractivity contribution in [1.29, 1.82) is 0 Å². The Kier molecular flexibility index (Phi) is 6.76. The Morgan fingerprint density at radius 3 is 2.39 bits per heavy atom. The zero-order valence-corrected chi connectivity index (χ0v) is 19.6. The van der Waals surface area contributed by atoms with Gasteiger partial charge in [-0.05, 0) is 42.5 Å². The zero-order chi connectivity index (χ0) is 23.4. The van der Waals surface area contributed by atoms with Crippen LogP contribution < -0.4 is 14.4 Å². The van der Waals surface area contributed by atoms with E-state index < -0.39 is 10.0 Å². The summed E-state index contributed by atoms with van der Waals surface area (Å²) in [7, 11) is -2.27. The number of halogens is 1. The van der Waals surface area contributed by atoms with Gasteiger partial charge in [-0.3, -0.25) is 9.52 Å². The molecule has 0 saturated carbocycles. The topological polar surface area (TPSA) is 79.0 Å². The van der Waals surface area contributed by atoms with Crippen molar-refractivity contribution in [2.75, 3.05) is 42.9 Å². The number of anilines is 2. The number of piperazine rings is 1. The van der Waals surface area contributed by atoms with Crippen molar-refractivity contribution in [2.24, 2.45) is 0 Å². The van der Waals surface area contributed by atoms with Crippen molar-refractivity contribution in [1.82, 2.24) is 4.90 Å². The molecule has 1 fully saturated rings. The molecule has 0 radical (unpaired) electrons. The van der Waals surface area contributed by atoms with Crippen LogP contribution in [-0.4, -0.2) is 52.5 Å². The Hall–Kier alpha value is -3.23. The van der Waals surface area contributed by atoms with Gasteiger partial charge in [-0.15, -0.1) is 0 Å². The summed E-state index contributed by atoms with van der Waals surface area (Å²) in [6.07, 6.45) is 0. The highest BCUT2D eigenvalue weighted by molar-refractivity contribution is 7.92. The smallest absolute Gasteiger partial charge is 0.261 e. The normalized spacial score (nSPS) is 14.1. The SMILES string of the molecule is COc1cccc(N2CCN(C(=O)c3cccc(S(=O)(=O)Nc4ccccc4Cl)c3)CC2)c1. The maximum atomic E-state index is 13.1. The lowest BCUT2D eigenvalue weighted by molar-refractivity contribution is 0.0746. The van der Waals surface area contributed by atoms with Crippen LogP contribution in [-0.2, 0) is 10.0 Å². The van der Waals surface area contributed by atoms with Crippen molar-refractivity contribution in [2.45, 2.75) is 4.90 Å². The Morgan fingerprint density at radius 2 is 1.67 bits per heavy atom. The first-order chi connectivity index (χ1) is 15.9. The fraction of sp³-hybridized carbons (Fsp3) is 0.208. The Balaban J connectivity index is 1.45. The van der Waals surface area contributed by atoms with Crippen LogP contribution in [0.2, 0.25) is 5.02 Å². The first kappa shape index (κ1) is 22.9. The lowest BCUT2D eigenvalue weighted by Gasteiger charge is -2.36. The lowest BCUT2D eigenvalue weighted by Crippen LogP contribution is -2.48. The summed E-state index contributed by atoms with van der Waals surface area (Å²) >= 11 is 6.08. The van der Waals surface area contributed by atoms with E-state index >= 15 is 0 Å². The molecule has 9 heteroatoms. The molecule has 0 aromatic heterocycles. The summed E-state index contributed by atoms with van der Waals surface area (Å²) < 4.78 is 33.5. The molecule has 33 heavy (non-hydrogen) atoms. The Morgan fingerprint density at radius 1 is 0.939 bits per heavy atom. The second kappa shape index (κ2) is 9.72. The van der Waals surface area contributed by atoms with E-state index in [1.807, 2.05) is 24.3 Å². The number of methoxy groups -OCH3 is 1. The number of carbonyl (C=O) groups is 1. The van der Waals surface area contributed by atoms with Gasteiger partial charge in [0.1, 0.15) is 5.75 Å². The van der Waals surface area contributed by atoms with E-state index in [2.05, 4.69) is 9.62 Å². The molecule has 172 valence electrons. The Bertz CT molecular complexity index is 1260. The molecule has 0 spiro atoms. The highest BCUT2D eigenvalue weighted by Crippen LogP contribution is 2.25. The summed E-state index contributed by atoms with van der Waals surface area (Å²) in [5, 5.41) is 0.294. The van der Waals surface area contributed by atoms with E-state index in [-0.39, 0.29) is 16.5 Å². The standard InChI is InChI=1S/C24H24ClN3O4S/c1-32-20-8-5-7-19(17-20)27-12-14-28(15-13-27)24(29)18-6-4-9-21(16-18)33(30,31)26-23-11-3-2-10-22(23)25/h2-11,16-17,26H,12-15H2,1H3. The number of hydrogen-bond donors (Lipinski definition) is 1. The molecule has 4 rings (SSSR count). The third-order valence-corrected chi connectivity index (χ3v) is 7.19. The van der Waals surface area contributed by atoms with Gasteiger partial charge < -0.3 is 14.5 Å². The minimum Gasteiger partial charge on any atom is -0.497 e. The van der Waals surface area contributed by atoms with E-state index in [1.165, 1.54) is 12.1 Å². The zero-order valence-electron chi connectivity index (χ0n) is 18.1. The number of para-hydroxylation sites is 1. The summed E-state index contributed by atoms with van der Waals surface area (Å²) in [6, 6.07) is 20.5. The van der Waals surface area contributed by atoms with Crippen LogP contribution in [0.15, 0.2) is 77.7 Å². The number of carbonyl (C=O) groups excluding carboxylic acids is 1. The predicted octanol–water partition coefficient (Wildman–Crippen LogP) is 4.11. The lowest BCUT2D eigenvalue weighted by atomic mass is 10.1. The van der Waals surface area contributed by atoms with E-state index in [9.17, 15) is 13.2 Å². The number of benzene rings is 3. The van der Waals surface area contributed by atoms with Crippen LogP contribution in [0.1, 0.15) is 10.4 Å². The summed E-state index contributed by atoms with van der Waals surface area (Å²) in [4.78, 5) is 17.0. The van der Waals surface area contributed by atoms with Gasteiger partial charge in [0.05, 0.1) is 22.7 Å². The van der Waals surface area contributed by atoms with Crippen LogP contribution in [0.5, 0.6) is 5.75 Å². The minimum atomic E-state index is -3.90. The number of nitrogens with one attached hydrogen (secondary N) is 1. The van der Waals surface area contributed by atoms with E-state index in [1.54, 1.807) is 48.4 Å². The fourth-order valence-electron chi connectivity index (χ4n) is 3.70.